The number of hydrogen-bond acceptors (Lipinski definition) is 3. The largest absolute Gasteiger partial charge is 0.338 e. The number of nitrogens with one attached hydrogen (secondary N) is 1. The highest BCUT2D eigenvalue weighted by Crippen LogP contribution is 2.30. The second-order valence-corrected chi connectivity index (χ2v) is 9.94. The number of aryl methyl sites for hydroxylation is 3. The van der Waals surface area contributed by atoms with Gasteiger partial charge < -0.3 is 9.55 Å². The van der Waals surface area contributed by atoms with Crippen LogP contribution >= 0.6 is 0 Å². The molecule has 4 aromatic carbocycles. The first kappa shape index (κ1) is 23.7. The molecule has 186 valence electrons. The smallest absolute Gasteiger partial charge is 0.138 e. The Balaban J connectivity index is 1.42. The molecule has 0 unspecified atom stereocenters. The normalized spacial score (nSPS) is 11.3. The third-order valence-corrected chi connectivity index (χ3v) is 7.24. The number of nitrogens with zero attached hydrogens (tertiary/aromatic N) is 4. The fourth-order valence-electron chi connectivity index (χ4n) is 5.29. The molecule has 0 saturated heterocycles. The van der Waals surface area contributed by atoms with Crippen LogP contribution < -0.4 is 0 Å². The lowest BCUT2D eigenvalue weighted by Crippen LogP contribution is -2.05. The van der Waals surface area contributed by atoms with Crippen molar-refractivity contribution in [1.29, 1.82) is 5.26 Å². The van der Waals surface area contributed by atoms with Crippen molar-refractivity contribution < 1.29 is 0 Å². The molecular formula is C33H29N5. The van der Waals surface area contributed by atoms with Crippen LogP contribution in [0.25, 0.3) is 44.6 Å². The number of benzene rings is 4. The number of H-pyrrole nitrogens is 1. The standard InChI is InChI=1S/C33H29N5/c1-4-8-30-36-32-22(3)17-26(33-35-28-12-7-9-21(2)31(28)37-33)18-29(32)38(30)20-23-13-15-24(16-14-23)27-11-6-5-10-25(27)19-34/h5-7,9-18H,4,8,20H2,1-3H3,(H,35,37). The highest BCUT2D eigenvalue weighted by molar-refractivity contribution is 5.87. The lowest BCUT2D eigenvalue weighted by Gasteiger charge is -2.11. The van der Waals surface area contributed by atoms with E-state index in [-0.39, 0.29) is 0 Å². The lowest BCUT2D eigenvalue weighted by atomic mass is 9.99. The molecule has 0 spiro atoms. The number of aromatic nitrogens is 4. The van der Waals surface area contributed by atoms with Gasteiger partial charge in [0.25, 0.3) is 0 Å². The predicted octanol–water partition coefficient (Wildman–Crippen LogP) is 7.74. The number of fused-ring (bicyclic) bond motifs is 2. The number of para-hydroxylation sites is 1. The highest BCUT2D eigenvalue weighted by atomic mass is 15.1. The summed E-state index contributed by atoms with van der Waals surface area (Å²) in [6.07, 6.45) is 1.95. The number of nitriles is 1. The Morgan fingerprint density at radius 1 is 0.842 bits per heavy atom. The average molecular weight is 496 g/mol. The van der Waals surface area contributed by atoms with Gasteiger partial charge in [-0.2, -0.15) is 5.26 Å². The Morgan fingerprint density at radius 2 is 1.66 bits per heavy atom. The van der Waals surface area contributed by atoms with E-state index in [1.807, 2.05) is 24.3 Å². The lowest BCUT2D eigenvalue weighted by molar-refractivity contribution is 0.722. The highest BCUT2D eigenvalue weighted by Gasteiger charge is 2.16. The van der Waals surface area contributed by atoms with Gasteiger partial charge in [-0.3, -0.25) is 0 Å². The first-order valence-electron chi connectivity index (χ1n) is 13.1. The zero-order valence-electron chi connectivity index (χ0n) is 21.9. The monoisotopic (exact) mass is 495 g/mol. The molecule has 0 atom stereocenters. The van der Waals surface area contributed by atoms with E-state index in [0.717, 1.165) is 75.4 Å². The second-order valence-electron chi connectivity index (χ2n) is 9.94. The maximum atomic E-state index is 9.50. The molecule has 5 heteroatoms. The topological polar surface area (TPSA) is 70.3 Å². The molecule has 2 aromatic heterocycles. The summed E-state index contributed by atoms with van der Waals surface area (Å²) in [6, 6.07) is 29.2. The van der Waals surface area contributed by atoms with Crippen molar-refractivity contribution in [2.24, 2.45) is 0 Å². The summed E-state index contributed by atoms with van der Waals surface area (Å²) in [6.45, 7) is 7.15. The van der Waals surface area contributed by atoms with Crippen LogP contribution in [-0.4, -0.2) is 19.5 Å². The summed E-state index contributed by atoms with van der Waals surface area (Å²) in [5.74, 6) is 1.98. The van der Waals surface area contributed by atoms with E-state index in [1.165, 1.54) is 11.1 Å². The number of rotatable bonds is 6. The van der Waals surface area contributed by atoms with Crippen molar-refractivity contribution in [1.82, 2.24) is 19.5 Å². The SMILES string of the molecule is CCCc1nc2c(C)cc(-c3nc4c(C)cccc4[nH]3)cc2n1Cc1ccc(-c2ccccc2C#N)cc1. The molecule has 0 aliphatic heterocycles. The van der Waals surface area contributed by atoms with Gasteiger partial charge in [0.2, 0.25) is 0 Å². The van der Waals surface area contributed by atoms with Crippen LogP contribution in [0.2, 0.25) is 0 Å². The Labute approximate surface area is 222 Å². The van der Waals surface area contributed by atoms with Crippen LogP contribution in [0.1, 0.15) is 41.4 Å². The van der Waals surface area contributed by atoms with Crippen molar-refractivity contribution in [3.8, 4) is 28.6 Å². The van der Waals surface area contributed by atoms with Gasteiger partial charge in [-0.1, -0.05) is 61.5 Å². The molecule has 6 aromatic rings. The van der Waals surface area contributed by atoms with E-state index in [9.17, 15) is 5.26 Å². The zero-order chi connectivity index (χ0) is 26.2. The molecule has 0 aliphatic carbocycles. The summed E-state index contributed by atoms with van der Waals surface area (Å²) in [7, 11) is 0. The Kier molecular flexibility index (Phi) is 6.01. The molecule has 6 rings (SSSR count). The minimum absolute atomic E-state index is 0.690. The summed E-state index contributed by atoms with van der Waals surface area (Å²) in [5.41, 5.74) is 11.5. The Hall–Kier alpha value is -4.69. The van der Waals surface area contributed by atoms with Gasteiger partial charge in [-0.15, -0.1) is 0 Å². The summed E-state index contributed by atoms with van der Waals surface area (Å²) in [4.78, 5) is 13.5. The van der Waals surface area contributed by atoms with E-state index < -0.39 is 0 Å². The third-order valence-electron chi connectivity index (χ3n) is 7.24. The second kappa shape index (κ2) is 9.64. The Bertz CT molecular complexity index is 1830. The molecule has 38 heavy (non-hydrogen) atoms. The van der Waals surface area contributed by atoms with Crippen LogP contribution in [-0.2, 0) is 13.0 Å². The summed E-state index contributed by atoms with van der Waals surface area (Å²) >= 11 is 0. The van der Waals surface area contributed by atoms with Gasteiger partial charge in [-0.25, -0.2) is 9.97 Å². The molecule has 0 amide bonds. The van der Waals surface area contributed by atoms with Gasteiger partial charge in [0.1, 0.15) is 11.6 Å². The number of hydrogen-bond donors (Lipinski definition) is 1. The maximum absolute atomic E-state index is 9.50. The molecule has 1 N–H and O–H groups in total. The van der Waals surface area contributed by atoms with Crippen LogP contribution in [0.3, 0.4) is 0 Å². The first-order chi connectivity index (χ1) is 18.6. The third kappa shape index (κ3) is 4.14. The van der Waals surface area contributed by atoms with Crippen molar-refractivity contribution in [2.75, 3.05) is 0 Å². The van der Waals surface area contributed by atoms with Gasteiger partial charge in [0.15, 0.2) is 0 Å². The van der Waals surface area contributed by atoms with Crippen molar-refractivity contribution in [3.63, 3.8) is 0 Å². The van der Waals surface area contributed by atoms with Crippen molar-refractivity contribution in [3.05, 3.63) is 107 Å². The molecule has 0 aliphatic rings. The molecule has 0 saturated carbocycles. The maximum Gasteiger partial charge on any atom is 0.138 e. The van der Waals surface area contributed by atoms with Gasteiger partial charge in [0.05, 0.1) is 33.7 Å². The fraction of sp³-hybridized carbons (Fsp3) is 0.182. The van der Waals surface area contributed by atoms with E-state index in [1.54, 1.807) is 0 Å². The molecule has 0 radical (unpaired) electrons. The summed E-state index contributed by atoms with van der Waals surface area (Å²) < 4.78 is 2.35. The van der Waals surface area contributed by atoms with E-state index >= 15 is 0 Å². The quantitative estimate of drug-likeness (QED) is 0.257. The minimum atomic E-state index is 0.690. The van der Waals surface area contributed by atoms with Crippen molar-refractivity contribution in [2.45, 2.75) is 40.2 Å². The Morgan fingerprint density at radius 3 is 2.42 bits per heavy atom. The van der Waals surface area contributed by atoms with Crippen LogP contribution in [0.4, 0.5) is 0 Å². The number of aromatic amines is 1. The molecular weight excluding hydrogens is 466 g/mol. The molecule has 0 bridgehead atoms. The van der Waals surface area contributed by atoms with Gasteiger partial charge >= 0.3 is 0 Å². The van der Waals surface area contributed by atoms with Gasteiger partial charge in [-0.05, 0) is 72.4 Å². The van der Waals surface area contributed by atoms with E-state index in [4.69, 9.17) is 9.97 Å². The fourth-order valence-corrected chi connectivity index (χ4v) is 5.29. The first-order valence-corrected chi connectivity index (χ1v) is 13.1. The van der Waals surface area contributed by atoms with Crippen molar-refractivity contribution >= 4 is 22.1 Å². The predicted molar refractivity (Wildman–Crippen MR) is 154 cm³/mol. The summed E-state index contributed by atoms with van der Waals surface area (Å²) in [5, 5.41) is 9.50. The van der Waals surface area contributed by atoms with E-state index in [0.29, 0.717) is 5.56 Å². The van der Waals surface area contributed by atoms with E-state index in [2.05, 4.69) is 91.0 Å². The minimum Gasteiger partial charge on any atom is -0.338 e. The van der Waals surface area contributed by atoms with Crippen LogP contribution in [0.5, 0.6) is 0 Å². The van der Waals surface area contributed by atoms with Crippen LogP contribution in [0, 0.1) is 25.2 Å². The van der Waals surface area contributed by atoms with Crippen LogP contribution in [0.15, 0.2) is 78.9 Å². The molecule has 0 fully saturated rings. The molecule has 5 nitrogen and oxygen atoms in total. The number of imidazole rings is 2. The molecule has 2 heterocycles. The average Bonchev–Trinajstić information content (AvgIpc) is 3.53. The van der Waals surface area contributed by atoms with Gasteiger partial charge in [0, 0.05) is 18.5 Å². The zero-order valence-corrected chi connectivity index (χ0v) is 21.9.